The van der Waals surface area contributed by atoms with Gasteiger partial charge in [-0.1, -0.05) is 18.2 Å². The third kappa shape index (κ3) is 4.62. The van der Waals surface area contributed by atoms with Crippen molar-refractivity contribution in [3.8, 4) is 0 Å². The van der Waals surface area contributed by atoms with Gasteiger partial charge in [-0.05, 0) is 85.0 Å². The summed E-state index contributed by atoms with van der Waals surface area (Å²) in [7, 11) is 0. The minimum atomic E-state index is 0.482. The smallest absolute Gasteiger partial charge is 0.0638 e. The molecule has 0 saturated heterocycles. The van der Waals surface area contributed by atoms with Crippen LogP contribution in [0.15, 0.2) is 118 Å². The third-order valence-electron chi connectivity index (χ3n) is 4.10. The van der Waals surface area contributed by atoms with E-state index in [1.165, 1.54) is 0 Å². The molecule has 0 unspecified atom stereocenters. The van der Waals surface area contributed by atoms with E-state index in [-0.39, 0.29) is 0 Å². The van der Waals surface area contributed by atoms with Crippen LogP contribution in [-0.4, -0.2) is 22.8 Å². The number of nitrogens with zero attached hydrogens (tertiary/aromatic N) is 3. The second kappa shape index (κ2) is 8.18. The highest BCUT2D eigenvalue weighted by molar-refractivity contribution is 6.19. The van der Waals surface area contributed by atoms with E-state index in [2.05, 4.69) is 15.0 Å². The molecular formula is C24H18N4. The number of aliphatic imine (C=N–C) groups is 3. The molecule has 0 atom stereocenters. The molecule has 2 aromatic rings. The highest BCUT2D eigenvalue weighted by Gasteiger charge is 2.01. The van der Waals surface area contributed by atoms with Crippen molar-refractivity contribution in [2.75, 3.05) is 0 Å². The van der Waals surface area contributed by atoms with E-state index in [0.717, 1.165) is 34.2 Å². The molecular weight excluding hydrogens is 344 g/mol. The van der Waals surface area contributed by atoms with E-state index in [0.29, 0.717) is 5.71 Å². The van der Waals surface area contributed by atoms with Crippen LogP contribution >= 0.6 is 0 Å². The Morgan fingerprint density at radius 1 is 0.429 bits per heavy atom. The quantitative estimate of drug-likeness (QED) is 0.663. The molecule has 0 spiro atoms. The lowest BCUT2D eigenvalue weighted by Crippen LogP contribution is -1.99. The lowest BCUT2D eigenvalue weighted by atomic mass is 10.1. The zero-order valence-corrected chi connectivity index (χ0v) is 15.2. The monoisotopic (exact) mass is 362 g/mol. The number of allylic oxidation sites excluding steroid dienone is 8. The van der Waals surface area contributed by atoms with Gasteiger partial charge in [-0.15, -0.1) is 0 Å². The van der Waals surface area contributed by atoms with E-state index in [1.54, 1.807) is 12.2 Å². The zero-order valence-electron chi connectivity index (χ0n) is 15.2. The van der Waals surface area contributed by atoms with Crippen molar-refractivity contribution >= 4 is 39.9 Å². The van der Waals surface area contributed by atoms with Gasteiger partial charge >= 0.3 is 0 Å². The molecule has 1 N–H and O–H groups in total. The van der Waals surface area contributed by atoms with Crippen LogP contribution < -0.4 is 0 Å². The predicted octanol–water partition coefficient (Wildman–Crippen LogP) is 5.88. The van der Waals surface area contributed by atoms with Gasteiger partial charge in [0.1, 0.15) is 0 Å². The fourth-order valence-electron chi connectivity index (χ4n) is 2.69. The first-order valence-electron chi connectivity index (χ1n) is 8.97. The van der Waals surface area contributed by atoms with Crippen molar-refractivity contribution in [2.45, 2.75) is 0 Å². The van der Waals surface area contributed by atoms with Crippen molar-refractivity contribution in [3.63, 3.8) is 0 Å². The largest absolute Gasteiger partial charge is 0.301 e. The van der Waals surface area contributed by atoms with Gasteiger partial charge < -0.3 is 5.41 Å². The minimum Gasteiger partial charge on any atom is -0.301 e. The average molecular weight is 362 g/mol. The SMILES string of the molecule is N=C1C=CC(=Nc2ccc(N=C3C=CC(=Nc4ccccc4)C=C3)cc2)C=C1. The van der Waals surface area contributed by atoms with Crippen molar-refractivity contribution in [1.82, 2.24) is 0 Å². The highest BCUT2D eigenvalue weighted by Crippen LogP contribution is 2.20. The van der Waals surface area contributed by atoms with Gasteiger partial charge in [0.05, 0.1) is 39.9 Å². The molecule has 0 heterocycles. The Labute approximate surface area is 163 Å². The molecule has 28 heavy (non-hydrogen) atoms. The Kier molecular flexibility index (Phi) is 5.11. The number of hydrogen-bond acceptors (Lipinski definition) is 4. The first-order valence-corrected chi connectivity index (χ1v) is 8.97. The van der Waals surface area contributed by atoms with Crippen LogP contribution in [-0.2, 0) is 0 Å². The first kappa shape index (κ1) is 17.5. The summed E-state index contributed by atoms with van der Waals surface area (Å²) in [5.74, 6) is 0. The number of para-hydroxylation sites is 1. The molecule has 0 aliphatic heterocycles. The minimum absolute atomic E-state index is 0.482. The third-order valence-corrected chi connectivity index (χ3v) is 4.10. The number of nitrogens with one attached hydrogen (secondary N) is 1. The summed E-state index contributed by atoms with van der Waals surface area (Å²) in [5.41, 5.74) is 5.75. The summed E-state index contributed by atoms with van der Waals surface area (Å²) in [4.78, 5) is 13.8. The molecule has 2 aliphatic carbocycles. The summed E-state index contributed by atoms with van der Waals surface area (Å²) < 4.78 is 0. The number of rotatable bonds is 3. The first-order chi connectivity index (χ1) is 13.7. The van der Waals surface area contributed by atoms with Crippen molar-refractivity contribution in [1.29, 1.82) is 5.41 Å². The molecule has 0 saturated carbocycles. The molecule has 2 aliphatic rings. The summed E-state index contributed by atoms with van der Waals surface area (Å²) in [6.45, 7) is 0. The van der Waals surface area contributed by atoms with Gasteiger partial charge in [-0.25, -0.2) is 15.0 Å². The Hall–Kier alpha value is -3.92. The van der Waals surface area contributed by atoms with Crippen LogP contribution in [0.5, 0.6) is 0 Å². The standard InChI is InChI=1S/C24H18N4/c25-18-6-8-20(9-7-18)27-22-14-16-24(17-15-22)28-23-12-10-21(11-13-23)26-19-4-2-1-3-5-19/h1-17,25H. The second-order valence-corrected chi connectivity index (χ2v) is 6.25. The summed E-state index contributed by atoms with van der Waals surface area (Å²) >= 11 is 0. The lowest BCUT2D eigenvalue weighted by Gasteiger charge is -2.04. The van der Waals surface area contributed by atoms with Crippen LogP contribution in [0.1, 0.15) is 0 Å². The van der Waals surface area contributed by atoms with Crippen LogP contribution in [0, 0.1) is 5.41 Å². The van der Waals surface area contributed by atoms with Crippen LogP contribution in [0.3, 0.4) is 0 Å². The van der Waals surface area contributed by atoms with Gasteiger partial charge in [0.15, 0.2) is 0 Å². The Balaban J connectivity index is 1.45. The van der Waals surface area contributed by atoms with E-state index >= 15 is 0 Å². The summed E-state index contributed by atoms with van der Waals surface area (Å²) in [6, 6.07) is 17.6. The normalized spacial score (nSPS) is 15.1. The molecule has 4 heteroatoms. The molecule has 0 radical (unpaired) electrons. The van der Waals surface area contributed by atoms with Crippen molar-refractivity contribution in [3.05, 3.63) is 103 Å². The van der Waals surface area contributed by atoms with E-state index < -0.39 is 0 Å². The van der Waals surface area contributed by atoms with E-state index in [1.807, 2.05) is 91.1 Å². The summed E-state index contributed by atoms with van der Waals surface area (Å²) in [6.07, 6.45) is 15.0. The lowest BCUT2D eigenvalue weighted by molar-refractivity contribution is 1.47. The van der Waals surface area contributed by atoms with Crippen LogP contribution in [0.25, 0.3) is 0 Å². The highest BCUT2D eigenvalue weighted by atomic mass is 14.8. The molecule has 0 amide bonds. The van der Waals surface area contributed by atoms with Crippen molar-refractivity contribution in [2.24, 2.45) is 15.0 Å². The molecule has 4 rings (SSSR count). The fraction of sp³-hybridized carbons (Fsp3) is 0. The van der Waals surface area contributed by atoms with Crippen LogP contribution in [0.2, 0.25) is 0 Å². The van der Waals surface area contributed by atoms with Gasteiger partial charge in [0, 0.05) is 0 Å². The molecule has 2 aromatic carbocycles. The number of benzene rings is 2. The maximum atomic E-state index is 7.52. The average Bonchev–Trinajstić information content (AvgIpc) is 2.73. The Morgan fingerprint density at radius 2 is 0.786 bits per heavy atom. The van der Waals surface area contributed by atoms with Gasteiger partial charge in [0.2, 0.25) is 0 Å². The maximum Gasteiger partial charge on any atom is 0.0638 e. The van der Waals surface area contributed by atoms with Gasteiger partial charge in [0.25, 0.3) is 0 Å². The molecule has 0 fully saturated rings. The maximum absolute atomic E-state index is 7.52. The Morgan fingerprint density at radius 3 is 1.21 bits per heavy atom. The van der Waals surface area contributed by atoms with Crippen molar-refractivity contribution < 1.29 is 0 Å². The Bertz CT molecular complexity index is 1060. The van der Waals surface area contributed by atoms with Gasteiger partial charge in [-0.2, -0.15) is 0 Å². The molecule has 0 aromatic heterocycles. The van der Waals surface area contributed by atoms with E-state index in [9.17, 15) is 0 Å². The topological polar surface area (TPSA) is 60.9 Å². The molecule has 0 bridgehead atoms. The predicted molar refractivity (Wildman–Crippen MR) is 118 cm³/mol. The van der Waals surface area contributed by atoms with E-state index in [4.69, 9.17) is 5.41 Å². The zero-order chi connectivity index (χ0) is 19.2. The number of hydrogen-bond donors (Lipinski definition) is 1. The molecule has 134 valence electrons. The fourth-order valence-corrected chi connectivity index (χ4v) is 2.69. The molecule has 4 nitrogen and oxygen atoms in total. The second-order valence-electron chi connectivity index (χ2n) is 6.25. The van der Waals surface area contributed by atoms with Gasteiger partial charge in [-0.3, -0.25) is 0 Å². The summed E-state index contributed by atoms with van der Waals surface area (Å²) in [5, 5.41) is 7.52. The van der Waals surface area contributed by atoms with Crippen LogP contribution in [0.4, 0.5) is 17.1 Å².